The maximum absolute atomic E-state index is 12.6. The van der Waals surface area contributed by atoms with E-state index in [1.807, 2.05) is 31.3 Å². The van der Waals surface area contributed by atoms with Gasteiger partial charge in [-0.2, -0.15) is 0 Å². The van der Waals surface area contributed by atoms with Crippen molar-refractivity contribution in [2.75, 3.05) is 37.0 Å². The second-order valence-corrected chi connectivity index (χ2v) is 5.22. The third-order valence-corrected chi connectivity index (χ3v) is 3.91. The summed E-state index contributed by atoms with van der Waals surface area (Å²) in [7, 11) is 3.53. The highest BCUT2D eigenvalue weighted by atomic mass is 16.4. The summed E-state index contributed by atoms with van der Waals surface area (Å²) in [5.74, 6) is -0.976. The first kappa shape index (κ1) is 15.2. The Bertz CT molecular complexity index is 547. The lowest BCUT2D eigenvalue weighted by Crippen LogP contribution is -2.52. The quantitative estimate of drug-likeness (QED) is 0.923. The Morgan fingerprint density at radius 1 is 1.29 bits per heavy atom. The zero-order valence-electron chi connectivity index (χ0n) is 12.6. The van der Waals surface area contributed by atoms with Crippen LogP contribution in [0.1, 0.15) is 13.3 Å². The molecule has 1 heterocycles. The van der Waals surface area contributed by atoms with Crippen LogP contribution in [0.3, 0.4) is 0 Å². The molecule has 1 atom stereocenters. The van der Waals surface area contributed by atoms with Crippen LogP contribution in [0.25, 0.3) is 0 Å². The van der Waals surface area contributed by atoms with Crippen LogP contribution in [-0.2, 0) is 4.79 Å². The topological polar surface area (TPSA) is 64.1 Å². The third-order valence-electron chi connectivity index (χ3n) is 3.91. The van der Waals surface area contributed by atoms with Crippen molar-refractivity contribution in [3.8, 4) is 0 Å². The van der Waals surface area contributed by atoms with Gasteiger partial charge >= 0.3 is 12.0 Å². The van der Waals surface area contributed by atoms with E-state index in [1.165, 1.54) is 4.90 Å². The van der Waals surface area contributed by atoms with Crippen molar-refractivity contribution in [2.45, 2.75) is 19.4 Å². The van der Waals surface area contributed by atoms with E-state index in [1.54, 1.807) is 18.9 Å². The second-order valence-electron chi connectivity index (χ2n) is 5.22. The molecule has 0 saturated heterocycles. The molecule has 0 bridgehead atoms. The molecule has 1 aromatic rings. The molecule has 1 unspecified atom stereocenters. The van der Waals surface area contributed by atoms with E-state index >= 15 is 0 Å². The number of carbonyl (C=O) groups excluding carboxylic acids is 1. The van der Waals surface area contributed by atoms with Crippen molar-refractivity contribution in [1.29, 1.82) is 0 Å². The highest BCUT2D eigenvalue weighted by Crippen LogP contribution is 2.32. The van der Waals surface area contributed by atoms with Gasteiger partial charge in [-0.15, -0.1) is 0 Å². The Hall–Kier alpha value is -2.24. The average molecular weight is 291 g/mol. The van der Waals surface area contributed by atoms with Crippen molar-refractivity contribution >= 4 is 23.4 Å². The van der Waals surface area contributed by atoms with Crippen LogP contribution in [0, 0.1) is 0 Å². The van der Waals surface area contributed by atoms with Crippen LogP contribution in [0.15, 0.2) is 24.3 Å². The van der Waals surface area contributed by atoms with Gasteiger partial charge in [0.2, 0.25) is 0 Å². The van der Waals surface area contributed by atoms with Crippen LogP contribution in [0.2, 0.25) is 0 Å². The summed E-state index contributed by atoms with van der Waals surface area (Å²) in [6, 6.07) is 6.59. The number of anilines is 2. The number of carbonyl (C=O) groups is 2. The van der Waals surface area contributed by atoms with Crippen molar-refractivity contribution in [1.82, 2.24) is 4.90 Å². The van der Waals surface area contributed by atoms with Gasteiger partial charge in [-0.1, -0.05) is 19.1 Å². The number of likely N-dealkylation sites (N-methyl/N-ethyl adjacent to an activating group) is 2. The molecule has 1 aliphatic rings. The van der Waals surface area contributed by atoms with E-state index in [4.69, 9.17) is 0 Å². The number of carboxylic acids is 1. The standard InChI is InChI=1S/C15H21N3O3/c1-4-11(14(19)20)17(3)15(21)18-10-9-16(2)12-7-5-6-8-13(12)18/h5-8,11H,4,9-10H2,1-3H3,(H,19,20). The number of carboxylic acid groups (broad SMARTS) is 1. The number of urea groups is 1. The summed E-state index contributed by atoms with van der Waals surface area (Å²) in [5, 5.41) is 9.21. The number of hydrogen-bond acceptors (Lipinski definition) is 3. The summed E-state index contributed by atoms with van der Waals surface area (Å²) < 4.78 is 0. The molecular formula is C15H21N3O3. The summed E-state index contributed by atoms with van der Waals surface area (Å²) in [5.41, 5.74) is 1.80. The van der Waals surface area contributed by atoms with E-state index in [2.05, 4.69) is 4.90 Å². The van der Waals surface area contributed by atoms with E-state index in [-0.39, 0.29) is 6.03 Å². The molecule has 114 valence electrons. The molecule has 0 aromatic heterocycles. The van der Waals surface area contributed by atoms with Gasteiger partial charge < -0.3 is 14.9 Å². The van der Waals surface area contributed by atoms with Gasteiger partial charge in [0, 0.05) is 27.2 Å². The van der Waals surface area contributed by atoms with Crippen molar-refractivity contribution in [2.24, 2.45) is 0 Å². The van der Waals surface area contributed by atoms with Gasteiger partial charge in [-0.3, -0.25) is 4.90 Å². The molecule has 6 nitrogen and oxygen atoms in total. The van der Waals surface area contributed by atoms with E-state index in [0.29, 0.717) is 13.0 Å². The van der Waals surface area contributed by atoms with Gasteiger partial charge in [-0.05, 0) is 18.6 Å². The normalized spacial score (nSPS) is 15.4. The van der Waals surface area contributed by atoms with E-state index in [0.717, 1.165) is 17.9 Å². The van der Waals surface area contributed by atoms with Crippen LogP contribution >= 0.6 is 0 Å². The minimum atomic E-state index is -0.976. The van der Waals surface area contributed by atoms with Gasteiger partial charge in [-0.25, -0.2) is 9.59 Å². The monoisotopic (exact) mass is 291 g/mol. The van der Waals surface area contributed by atoms with Gasteiger partial charge in [0.05, 0.1) is 11.4 Å². The first-order chi connectivity index (χ1) is 9.97. The Balaban J connectivity index is 2.28. The zero-order valence-corrected chi connectivity index (χ0v) is 12.6. The Morgan fingerprint density at radius 2 is 1.90 bits per heavy atom. The molecule has 0 radical (unpaired) electrons. The van der Waals surface area contributed by atoms with Gasteiger partial charge in [0.25, 0.3) is 0 Å². The highest BCUT2D eigenvalue weighted by Gasteiger charge is 2.31. The fraction of sp³-hybridized carbons (Fsp3) is 0.467. The molecule has 0 fully saturated rings. The lowest BCUT2D eigenvalue weighted by Gasteiger charge is -2.38. The first-order valence-corrected chi connectivity index (χ1v) is 7.04. The van der Waals surface area contributed by atoms with Crippen LogP contribution in [0.4, 0.5) is 16.2 Å². The second kappa shape index (κ2) is 6.03. The minimum Gasteiger partial charge on any atom is -0.480 e. The Kier molecular flexibility index (Phi) is 4.35. The largest absolute Gasteiger partial charge is 0.480 e. The number of hydrogen-bond donors (Lipinski definition) is 1. The number of para-hydroxylation sites is 2. The molecule has 1 aliphatic heterocycles. The Morgan fingerprint density at radius 3 is 2.48 bits per heavy atom. The maximum atomic E-state index is 12.6. The van der Waals surface area contributed by atoms with E-state index < -0.39 is 12.0 Å². The number of rotatable bonds is 3. The summed E-state index contributed by atoms with van der Waals surface area (Å²) in [6.07, 6.45) is 0.382. The predicted molar refractivity (Wildman–Crippen MR) is 81.9 cm³/mol. The molecular weight excluding hydrogens is 270 g/mol. The average Bonchev–Trinajstić information content (AvgIpc) is 2.47. The molecule has 2 rings (SSSR count). The molecule has 2 amide bonds. The fourth-order valence-electron chi connectivity index (χ4n) is 2.64. The smallest absolute Gasteiger partial charge is 0.326 e. The lowest BCUT2D eigenvalue weighted by molar-refractivity contribution is -0.141. The number of aliphatic carboxylic acids is 1. The maximum Gasteiger partial charge on any atom is 0.326 e. The van der Waals surface area contributed by atoms with Crippen molar-refractivity contribution in [3.05, 3.63) is 24.3 Å². The zero-order chi connectivity index (χ0) is 15.6. The molecule has 1 aromatic carbocycles. The van der Waals surface area contributed by atoms with Crippen LogP contribution in [-0.4, -0.2) is 55.2 Å². The molecule has 0 aliphatic carbocycles. The minimum absolute atomic E-state index is 0.273. The van der Waals surface area contributed by atoms with Gasteiger partial charge in [0.1, 0.15) is 6.04 Å². The number of nitrogens with zero attached hydrogens (tertiary/aromatic N) is 3. The number of fused-ring (bicyclic) bond motifs is 1. The molecule has 0 spiro atoms. The fourth-order valence-corrected chi connectivity index (χ4v) is 2.64. The summed E-state index contributed by atoms with van der Waals surface area (Å²) in [4.78, 5) is 28.9. The lowest BCUT2D eigenvalue weighted by atomic mass is 10.1. The molecule has 21 heavy (non-hydrogen) atoms. The van der Waals surface area contributed by atoms with Crippen LogP contribution in [0.5, 0.6) is 0 Å². The highest BCUT2D eigenvalue weighted by molar-refractivity contribution is 5.98. The van der Waals surface area contributed by atoms with E-state index in [9.17, 15) is 14.7 Å². The summed E-state index contributed by atoms with van der Waals surface area (Å²) in [6.45, 7) is 3.04. The predicted octanol–water partition coefficient (Wildman–Crippen LogP) is 1.86. The molecule has 1 N–H and O–H groups in total. The first-order valence-electron chi connectivity index (χ1n) is 7.04. The van der Waals surface area contributed by atoms with Crippen molar-refractivity contribution < 1.29 is 14.7 Å². The number of amides is 2. The van der Waals surface area contributed by atoms with Crippen LogP contribution < -0.4 is 9.80 Å². The Labute approximate surface area is 124 Å². The molecule has 0 saturated carbocycles. The van der Waals surface area contributed by atoms with Crippen molar-refractivity contribution in [3.63, 3.8) is 0 Å². The number of benzene rings is 1. The third kappa shape index (κ3) is 2.79. The summed E-state index contributed by atoms with van der Waals surface area (Å²) >= 11 is 0. The SMILES string of the molecule is CCC(C(=O)O)N(C)C(=O)N1CCN(C)c2ccccc21. The molecule has 6 heteroatoms. The van der Waals surface area contributed by atoms with Gasteiger partial charge in [0.15, 0.2) is 0 Å².